The number of fused-ring (bicyclic) bond motifs is 3. The third-order valence-corrected chi connectivity index (χ3v) is 6.91. The zero-order valence-electron chi connectivity index (χ0n) is 21.4. The van der Waals surface area contributed by atoms with Crippen LogP contribution in [0, 0.1) is 6.92 Å². The smallest absolute Gasteiger partial charge is 0.254 e. The Morgan fingerprint density at radius 1 is 1.29 bits per heavy atom. The monoisotopic (exact) mass is 535 g/mol. The highest BCUT2D eigenvalue weighted by molar-refractivity contribution is 6.33. The molecule has 3 aromatic heterocycles. The maximum Gasteiger partial charge on any atom is 0.254 e. The molecule has 5 rings (SSSR count). The van der Waals surface area contributed by atoms with Crippen molar-refractivity contribution < 1.29 is 14.3 Å². The molecule has 1 unspecified atom stereocenters. The number of halogens is 1. The molecule has 0 radical (unpaired) electrons. The van der Waals surface area contributed by atoms with Crippen molar-refractivity contribution in [1.82, 2.24) is 25.2 Å². The van der Waals surface area contributed by atoms with E-state index in [1.807, 2.05) is 30.9 Å². The number of morpholine rings is 1. The number of anilines is 1. The van der Waals surface area contributed by atoms with Gasteiger partial charge in [0.15, 0.2) is 0 Å². The summed E-state index contributed by atoms with van der Waals surface area (Å²) in [6.07, 6.45) is 4.36. The van der Waals surface area contributed by atoms with Crippen LogP contribution in [0.1, 0.15) is 29.9 Å². The van der Waals surface area contributed by atoms with E-state index >= 15 is 0 Å². The van der Waals surface area contributed by atoms with E-state index in [1.54, 1.807) is 43.7 Å². The van der Waals surface area contributed by atoms with Crippen LogP contribution < -0.4 is 16.4 Å². The third kappa shape index (κ3) is 5.34. The largest absolute Gasteiger partial charge is 0.372 e. The highest BCUT2D eigenvalue weighted by Gasteiger charge is 2.38. The molecule has 0 spiro atoms. The lowest BCUT2D eigenvalue weighted by Crippen LogP contribution is -2.62. The lowest BCUT2D eigenvalue weighted by molar-refractivity contribution is -0.143. The Balaban J connectivity index is 1.36. The predicted octanol–water partition coefficient (Wildman–Crippen LogP) is 3.21. The number of benzene rings is 1. The molecule has 198 valence electrons. The summed E-state index contributed by atoms with van der Waals surface area (Å²) in [7, 11) is 0. The van der Waals surface area contributed by atoms with Gasteiger partial charge >= 0.3 is 0 Å². The number of nitrogens with one attached hydrogen (secondary N) is 3. The van der Waals surface area contributed by atoms with Crippen LogP contribution in [-0.4, -0.2) is 69.2 Å². The van der Waals surface area contributed by atoms with Crippen LogP contribution in [0.25, 0.3) is 21.8 Å². The van der Waals surface area contributed by atoms with Gasteiger partial charge in [-0.25, -0.2) is 0 Å². The number of carbonyl (C=O) groups is 2. The van der Waals surface area contributed by atoms with E-state index in [0.29, 0.717) is 28.5 Å². The summed E-state index contributed by atoms with van der Waals surface area (Å²) < 4.78 is 5.99. The van der Waals surface area contributed by atoms with E-state index in [0.717, 1.165) is 21.8 Å². The van der Waals surface area contributed by atoms with E-state index in [9.17, 15) is 9.59 Å². The maximum atomic E-state index is 13.6. The average molecular weight is 536 g/mol. The van der Waals surface area contributed by atoms with Crippen LogP contribution in [0.4, 0.5) is 5.69 Å². The first-order valence-corrected chi connectivity index (χ1v) is 12.7. The summed E-state index contributed by atoms with van der Waals surface area (Å²) in [6.45, 7) is 6.54. The Morgan fingerprint density at radius 2 is 2.11 bits per heavy atom. The van der Waals surface area contributed by atoms with Gasteiger partial charge in [-0.3, -0.25) is 24.5 Å². The van der Waals surface area contributed by atoms with Crippen LogP contribution in [0.5, 0.6) is 0 Å². The summed E-state index contributed by atoms with van der Waals surface area (Å²) in [4.78, 5) is 39.9. The number of ether oxygens (including phenoxy) is 1. The highest BCUT2D eigenvalue weighted by Crippen LogP contribution is 2.33. The first kappa shape index (κ1) is 26.1. The van der Waals surface area contributed by atoms with Gasteiger partial charge in [0, 0.05) is 47.0 Å². The minimum absolute atomic E-state index is 0.168. The number of carbonyl (C=O) groups excluding carboxylic acids is 2. The lowest BCUT2D eigenvalue weighted by atomic mass is 10.0. The molecule has 38 heavy (non-hydrogen) atoms. The maximum absolute atomic E-state index is 13.6. The van der Waals surface area contributed by atoms with Crippen molar-refractivity contribution >= 4 is 50.9 Å². The predicted molar refractivity (Wildman–Crippen MR) is 147 cm³/mol. The van der Waals surface area contributed by atoms with Gasteiger partial charge in [0.2, 0.25) is 5.91 Å². The van der Waals surface area contributed by atoms with Crippen molar-refractivity contribution in [1.29, 1.82) is 0 Å². The van der Waals surface area contributed by atoms with Crippen molar-refractivity contribution in [3.05, 3.63) is 65.2 Å². The van der Waals surface area contributed by atoms with Crippen LogP contribution in [0.2, 0.25) is 5.02 Å². The number of nitrogens with zero attached hydrogens (tertiary/aromatic N) is 3. The van der Waals surface area contributed by atoms with Gasteiger partial charge in [-0.15, -0.1) is 0 Å². The molecule has 2 atom stereocenters. The second-order valence-corrected chi connectivity index (χ2v) is 10.6. The van der Waals surface area contributed by atoms with Crippen molar-refractivity contribution in [2.24, 2.45) is 5.73 Å². The lowest BCUT2D eigenvalue weighted by Gasteiger charge is -2.43. The number of pyridine rings is 2. The average Bonchev–Trinajstić information content (AvgIpc) is 3.22. The normalized spacial score (nSPS) is 18.4. The molecular formula is C27H30ClN7O3. The fourth-order valence-corrected chi connectivity index (χ4v) is 5.11. The van der Waals surface area contributed by atoms with Gasteiger partial charge in [-0.1, -0.05) is 11.6 Å². The van der Waals surface area contributed by atoms with Crippen LogP contribution in [-0.2, 0) is 9.53 Å². The summed E-state index contributed by atoms with van der Waals surface area (Å²) in [5.41, 5.74) is 9.07. The summed E-state index contributed by atoms with van der Waals surface area (Å²) in [5, 5.41) is 8.20. The third-order valence-electron chi connectivity index (χ3n) is 6.69. The molecular weight excluding hydrogens is 506 g/mol. The molecule has 5 N–H and O–H groups in total. The van der Waals surface area contributed by atoms with Gasteiger partial charge in [-0.05, 0) is 51.1 Å². The summed E-state index contributed by atoms with van der Waals surface area (Å²) in [6, 6.07) is 8.24. The fourth-order valence-electron chi connectivity index (χ4n) is 4.89. The zero-order chi connectivity index (χ0) is 27.0. The fraction of sp³-hybridized carbons (Fsp3) is 0.333. The molecule has 1 saturated heterocycles. The second kappa shape index (κ2) is 10.3. The van der Waals surface area contributed by atoms with Gasteiger partial charge in [0.25, 0.3) is 5.91 Å². The number of aryl methyl sites for hydroxylation is 1. The number of aromatic amines is 1. The number of rotatable bonds is 6. The van der Waals surface area contributed by atoms with Crippen LogP contribution in [0.3, 0.4) is 0 Å². The zero-order valence-corrected chi connectivity index (χ0v) is 22.2. The van der Waals surface area contributed by atoms with Crippen LogP contribution >= 0.6 is 11.6 Å². The minimum atomic E-state index is -0.717. The molecule has 2 amide bonds. The van der Waals surface area contributed by atoms with Crippen molar-refractivity contribution in [2.45, 2.75) is 38.6 Å². The SMILES string of the molecule is Cc1ncccc1C(=O)N[C@@H](N)CN1CC(C)(C)OCC1C(=O)Nc1cc(Cl)cc2c1[nH]c1cnccc12. The van der Waals surface area contributed by atoms with Crippen LogP contribution in [0.15, 0.2) is 48.9 Å². The molecule has 4 aromatic rings. The molecule has 1 fully saturated rings. The standard InChI is InChI=1S/C27H30ClN7O3/c1-15-17(5-4-7-31-15)25(36)34-23(29)12-35-14-27(2,3)38-13-22(35)26(37)33-20-10-16(28)9-19-18-6-8-30-11-21(18)32-24(19)20/h4-11,22-23,32H,12-14,29H2,1-3H3,(H,33,37)(H,34,36)/t22?,23-/m1/s1. The van der Waals surface area contributed by atoms with Crippen molar-refractivity contribution in [3.63, 3.8) is 0 Å². The Morgan fingerprint density at radius 3 is 2.89 bits per heavy atom. The molecule has 0 aliphatic carbocycles. The van der Waals surface area contributed by atoms with E-state index in [4.69, 9.17) is 22.1 Å². The molecule has 1 aliphatic heterocycles. The molecule has 1 aliphatic rings. The Kier molecular flexibility index (Phi) is 7.06. The number of H-pyrrole nitrogens is 1. The topological polar surface area (TPSA) is 138 Å². The van der Waals surface area contributed by atoms with Gasteiger partial charge in [0.1, 0.15) is 6.04 Å². The highest BCUT2D eigenvalue weighted by atomic mass is 35.5. The quantitative estimate of drug-likeness (QED) is 0.278. The molecule has 10 nitrogen and oxygen atoms in total. The molecule has 0 saturated carbocycles. The van der Waals surface area contributed by atoms with Gasteiger partial charge < -0.3 is 26.1 Å². The van der Waals surface area contributed by atoms with E-state index in [-0.39, 0.29) is 25.0 Å². The van der Waals surface area contributed by atoms with E-state index in [1.165, 1.54) is 0 Å². The van der Waals surface area contributed by atoms with E-state index in [2.05, 4.69) is 25.6 Å². The second-order valence-electron chi connectivity index (χ2n) is 10.1. The number of hydrogen-bond acceptors (Lipinski definition) is 7. The van der Waals surface area contributed by atoms with Gasteiger partial charge in [0.05, 0.1) is 46.9 Å². The first-order valence-electron chi connectivity index (χ1n) is 12.3. The number of amides is 2. The molecule has 0 bridgehead atoms. The molecule has 4 heterocycles. The summed E-state index contributed by atoms with van der Waals surface area (Å²) in [5.74, 6) is -0.575. The Bertz CT molecular complexity index is 1520. The van der Waals surface area contributed by atoms with Gasteiger partial charge in [-0.2, -0.15) is 0 Å². The first-order chi connectivity index (χ1) is 18.1. The number of nitrogens with two attached hydrogens (primary N) is 1. The number of hydrogen-bond donors (Lipinski definition) is 4. The number of aromatic nitrogens is 3. The van der Waals surface area contributed by atoms with Crippen molar-refractivity contribution in [2.75, 3.05) is 25.0 Å². The van der Waals surface area contributed by atoms with E-state index < -0.39 is 17.8 Å². The Hall–Kier alpha value is -3.57. The molecule has 1 aromatic carbocycles. The summed E-state index contributed by atoms with van der Waals surface area (Å²) >= 11 is 6.42. The Labute approximate surface area is 224 Å². The minimum Gasteiger partial charge on any atom is -0.372 e. The molecule has 11 heteroatoms. The van der Waals surface area contributed by atoms with Crippen molar-refractivity contribution in [3.8, 4) is 0 Å².